The Labute approximate surface area is 165 Å². The molecule has 0 aliphatic heterocycles. The number of anilines is 2. The molecule has 0 aliphatic rings. The molecule has 0 fully saturated rings. The first-order valence-electron chi connectivity index (χ1n) is 8.84. The van der Waals surface area contributed by atoms with Gasteiger partial charge in [-0.2, -0.15) is 0 Å². The molecular weight excluding hydrogens is 374 g/mol. The van der Waals surface area contributed by atoms with E-state index >= 15 is 0 Å². The molecule has 8 heteroatoms. The number of benzene rings is 1. The van der Waals surface area contributed by atoms with Gasteiger partial charge in [-0.1, -0.05) is 6.07 Å². The number of nitrogens with zero attached hydrogens (tertiary/aromatic N) is 4. The number of hydrogen-bond acceptors (Lipinski definition) is 6. The Balaban J connectivity index is 1.69. The van der Waals surface area contributed by atoms with Gasteiger partial charge in [-0.3, -0.25) is 14.4 Å². The summed E-state index contributed by atoms with van der Waals surface area (Å²) in [5.41, 5.74) is 6.66. The van der Waals surface area contributed by atoms with Crippen LogP contribution in [0.1, 0.15) is 23.0 Å². The molecule has 3 heterocycles. The van der Waals surface area contributed by atoms with Crippen LogP contribution in [0.2, 0.25) is 0 Å². The van der Waals surface area contributed by atoms with Crippen molar-refractivity contribution < 1.29 is 10.0 Å². The van der Waals surface area contributed by atoms with E-state index < -0.39 is 5.91 Å². The van der Waals surface area contributed by atoms with Crippen molar-refractivity contribution in [2.75, 3.05) is 11.4 Å². The van der Waals surface area contributed by atoms with E-state index in [4.69, 9.17) is 10.2 Å². The summed E-state index contributed by atoms with van der Waals surface area (Å²) in [4.78, 5) is 23.1. The predicted molar refractivity (Wildman–Crippen MR) is 109 cm³/mol. The van der Waals surface area contributed by atoms with Gasteiger partial charge in [0.1, 0.15) is 11.3 Å². The standard InChI is InChI=1S/C20H19N5O2S/c1-3-24(15-9-7-14(8-10-15)19(26)23-27)20-22-16(12-28-20)18-13(2)21-17-6-4-5-11-25(17)18/h4-12,27H,3H2,1-2H3,(H,23,26). The minimum absolute atomic E-state index is 0.392. The molecule has 1 amide bonds. The average molecular weight is 393 g/mol. The van der Waals surface area contributed by atoms with Gasteiger partial charge >= 0.3 is 0 Å². The Morgan fingerprint density at radius 3 is 2.71 bits per heavy atom. The van der Waals surface area contributed by atoms with Crippen LogP contribution >= 0.6 is 11.3 Å². The smallest absolute Gasteiger partial charge is 0.274 e. The fraction of sp³-hybridized carbons (Fsp3) is 0.150. The lowest BCUT2D eigenvalue weighted by Crippen LogP contribution is -2.19. The summed E-state index contributed by atoms with van der Waals surface area (Å²) in [6, 6.07) is 13.0. The number of thiazole rings is 1. The molecule has 0 radical (unpaired) electrons. The molecule has 0 saturated heterocycles. The van der Waals surface area contributed by atoms with Crippen molar-refractivity contribution in [3.05, 3.63) is 65.3 Å². The molecule has 7 nitrogen and oxygen atoms in total. The maximum atomic E-state index is 11.5. The number of amides is 1. The second kappa shape index (κ2) is 7.41. The van der Waals surface area contributed by atoms with Gasteiger partial charge in [-0.05, 0) is 50.2 Å². The summed E-state index contributed by atoms with van der Waals surface area (Å²) in [6.45, 7) is 4.77. The molecule has 0 unspecified atom stereocenters. The number of carbonyl (C=O) groups excluding carboxylic acids is 1. The first kappa shape index (κ1) is 18.1. The van der Waals surface area contributed by atoms with Crippen LogP contribution in [0.15, 0.2) is 54.0 Å². The zero-order valence-electron chi connectivity index (χ0n) is 15.5. The maximum absolute atomic E-state index is 11.5. The number of aryl methyl sites for hydroxylation is 1. The van der Waals surface area contributed by atoms with Crippen LogP contribution in [-0.2, 0) is 0 Å². The van der Waals surface area contributed by atoms with Crippen LogP contribution in [0.25, 0.3) is 17.0 Å². The second-order valence-corrected chi connectivity index (χ2v) is 7.06. The maximum Gasteiger partial charge on any atom is 0.274 e. The number of fused-ring (bicyclic) bond motifs is 1. The highest BCUT2D eigenvalue weighted by molar-refractivity contribution is 7.14. The largest absolute Gasteiger partial charge is 0.318 e. The third-order valence-electron chi connectivity index (χ3n) is 4.53. The van der Waals surface area contributed by atoms with Crippen LogP contribution in [0.3, 0.4) is 0 Å². The average Bonchev–Trinajstić information content (AvgIpc) is 3.32. The molecule has 3 aromatic heterocycles. The highest BCUT2D eigenvalue weighted by Crippen LogP contribution is 2.33. The number of imidazole rings is 1. The number of hydrogen-bond donors (Lipinski definition) is 2. The van der Waals surface area contributed by atoms with Crippen molar-refractivity contribution >= 4 is 33.7 Å². The van der Waals surface area contributed by atoms with Crippen molar-refractivity contribution in [3.8, 4) is 11.4 Å². The van der Waals surface area contributed by atoms with Crippen LogP contribution in [-0.4, -0.2) is 32.0 Å². The van der Waals surface area contributed by atoms with Gasteiger partial charge in [0.05, 0.1) is 11.4 Å². The van der Waals surface area contributed by atoms with Gasteiger partial charge in [0.15, 0.2) is 5.13 Å². The molecule has 0 spiro atoms. The van der Waals surface area contributed by atoms with Crippen molar-refractivity contribution in [2.45, 2.75) is 13.8 Å². The molecule has 2 N–H and O–H groups in total. The van der Waals surface area contributed by atoms with Gasteiger partial charge in [-0.25, -0.2) is 15.4 Å². The zero-order valence-corrected chi connectivity index (χ0v) is 16.3. The van der Waals surface area contributed by atoms with Crippen LogP contribution in [0, 0.1) is 6.92 Å². The molecule has 0 aliphatic carbocycles. The Hall–Kier alpha value is -3.23. The first-order chi connectivity index (χ1) is 13.6. The van der Waals surface area contributed by atoms with E-state index in [-0.39, 0.29) is 0 Å². The lowest BCUT2D eigenvalue weighted by molar-refractivity contribution is 0.0706. The lowest BCUT2D eigenvalue weighted by Gasteiger charge is -2.20. The molecule has 28 heavy (non-hydrogen) atoms. The van der Waals surface area contributed by atoms with Crippen LogP contribution in [0.4, 0.5) is 10.8 Å². The van der Waals surface area contributed by atoms with E-state index in [0.717, 1.165) is 40.1 Å². The highest BCUT2D eigenvalue weighted by atomic mass is 32.1. The Bertz CT molecular complexity index is 1130. The van der Waals surface area contributed by atoms with Gasteiger partial charge in [0, 0.05) is 29.4 Å². The third kappa shape index (κ3) is 3.12. The van der Waals surface area contributed by atoms with Crippen molar-refractivity contribution in [1.29, 1.82) is 0 Å². The number of hydroxylamine groups is 1. The van der Waals surface area contributed by atoms with Gasteiger partial charge in [0.2, 0.25) is 0 Å². The van der Waals surface area contributed by atoms with Gasteiger partial charge < -0.3 is 4.90 Å². The van der Waals surface area contributed by atoms with E-state index in [0.29, 0.717) is 5.56 Å². The Morgan fingerprint density at radius 2 is 2.00 bits per heavy atom. The number of rotatable bonds is 5. The summed E-state index contributed by atoms with van der Waals surface area (Å²) in [7, 11) is 0. The predicted octanol–water partition coefficient (Wildman–Crippen LogP) is 4.04. The Morgan fingerprint density at radius 1 is 1.21 bits per heavy atom. The second-order valence-electron chi connectivity index (χ2n) is 6.22. The molecule has 142 valence electrons. The summed E-state index contributed by atoms with van der Waals surface area (Å²) < 4.78 is 2.05. The quantitative estimate of drug-likeness (QED) is 0.395. The van der Waals surface area contributed by atoms with E-state index in [2.05, 4.69) is 16.8 Å². The molecule has 4 rings (SSSR count). The zero-order chi connectivity index (χ0) is 19.7. The molecule has 0 atom stereocenters. The minimum atomic E-state index is -0.533. The summed E-state index contributed by atoms with van der Waals surface area (Å²) in [5.74, 6) is -0.533. The lowest BCUT2D eigenvalue weighted by atomic mass is 10.2. The van der Waals surface area contributed by atoms with Crippen LogP contribution in [0.5, 0.6) is 0 Å². The van der Waals surface area contributed by atoms with Crippen LogP contribution < -0.4 is 10.4 Å². The number of carbonyl (C=O) groups is 1. The van der Waals surface area contributed by atoms with E-state index in [1.54, 1.807) is 28.9 Å². The first-order valence-corrected chi connectivity index (χ1v) is 9.72. The normalized spacial score (nSPS) is 11.0. The van der Waals surface area contributed by atoms with Crippen molar-refractivity contribution in [3.63, 3.8) is 0 Å². The minimum Gasteiger partial charge on any atom is -0.318 e. The summed E-state index contributed by atoms with van der Waals surface area (Å²) in [5, 5.41) is 11.7. The molecular formula is C20H19N5O2S. The van der Waals surface area contributed by atoms with E-state index in [9.17, 15) is 4.79 Å². The highest BCUT2D eigenvalue weighted by Gasteiger charge is 2.17. The number of pyridine rings is 1. The van der Waals surface area contributed by atoms with Crippen molar-refractivity contribution in [2.24, 2.45) is 0 Å². The molecule has 1 aromatic carbocycles. The fourth-order valence-electron chi connectivity index (χ4n) is 3.20. The van der Waals surface area contributed by atoms with Crippen molar-refractivity contribution in [1.82, 2.24) is 19.8 Å². The topological polar surface area (TPSA) is 82.8 Å². The van der Waals surface area contributed by atoms with Gasteiger partial charge in [-0.15, -0.1) is 11.3 Å². The summed E-state index contributed by atoms with van der Waals surface area (Å²) >= 11 is 1.56. The SMILES string of the molecule is CCN(c1ccc(C(=O)NO)cc1)c1nc(-c2c(C)nc3ccccn23)cs1. The fourth-order valence-corrected chi connectivity index (χ4v) is 4.10. The van der Waals surface area contributed by atoms with E-state index in [1.807, 2.05) is 53.2 Å². The molecule has 0 saturated carbocycles. The third-order valence-corrected chi connectivity index (χ3v) is 5.39. The monoisotopic (exact) mass is 393 g/mol. The summed E-state index contributed by atoms with van der Waals surface area (Å²) in [6.07, 6.45) is 1.99. The Kier molecular flexibility index (Phi) is 4.81. The number of nitrogens with one attached hydrogen (secondary N) is 1. The molecule has 0 bridgehead atoms. The number of aromatic nitrogens is 3. The van der Waals surface area contributed by atoms with Gasteiger partial charge in [0.25, 0.3) is 5.91 Å². The molecule has 4 aromatic rings. The van der Waals surface area contributed by atoms with E-state index in [1.165, 1.54) is 0 Å².